The molecule has 2 aromatic rings. The first-order chi connectivity index (χ1) is 10.0. The average Bonchev–Trinajstić information content (AvgIpc) is 2.44. The quantitative estimate of drug-likeness (QED) is 0.796. The lowest BCUT2D eigenvalue weighted by Crippen LogP contribution is -2.17. The summed E-state index contributed by atoms with van der Waals surface area (Å²) in [7, 11) is 0. The zero-order valence-corrected chi connectivity index (χ0v) is 13.8. The standard InChI is InChI=1S/C18H22ClNO/c1-5-20-14(4)15-7-9-18(16(19)11-15)21-17-8-6-12(2)10-13(17)3/h6-11,14,20H,5H2,1-4H3. The second kappa shape index (κ2) is 6.97. The number of rotatable bonds is 5. The smallest absolute Gasteiger partial charge is 0.146 e. The van der Waals surface area contributed by atoms with E-state index in [-0.39, 0.29) is 6.04 Å². The number of hydrogen-bond donors (Lipinski definition) is 1. The van der Waals surface area contributed by atoms with Crippen LogP contribution in [0.3, 0.4) is 0 Å². The second-order valence-corrected chi connectivity index (χ2v) is 5.75. The molecule has 0 bridgehead atoms. The lowest BCUT2D eigenvalue weighted by molar-refractivity contribution is 0.478. The first kappa shape index (κ1) is 15.9. The molecule has 2 nitrogen and oxygen atoms in total. The summed E-state index contributed by atoms with van der Waals surface area (Å²) in [6, 6.07) is 12.4. The summed E-state index contributed by atoms with van der Waals surface area (Å²) in [5.41, 5.74) is 3.49. The normalized spacial score (nSPS) is 12.2. The van der Waals surface area contributed by atoms with Gasteiger partial charge in [0.2, 0.25) is 0 Å². The molecule has 112 valence electrons. The van der Waals surface area contributed by atoms with E-state index in [1.807, 2.05) is 31.2 Å². The van der Waals surface area contributed by atoms with Crippen molar-refractivity contribution in [2.24, 2.45) is 0 Å². The van der Waals surface area contributed by atoms with Crippen molar-refractivity contribution in [1.82, 2.24) is 5.32 Å². The fourth-order valence-electron chi connectivity index (χ4n) is 2.33. The second-order valence-electron chi connectivity index (χ2n) is 5.34. The van der Waals surface area contributed by atoms with Crippen LogP contribution in [-0.2, 0) is 0 Å². The minimum absolute atomic E-state index is 0.280. The van der Waals surface area contributed by atoms with Gasteiger partial charge in [0, 0.05) is 6.04 Å². The molecule has 0 amide bonds. The molecule has 3 heteroatoms. The molecule has 1 N–H and O–H groups in total. The number of aryl methyl sites for hydroxylation is 2. The van der Waals surface area contributed by atoms with Crippen molar-refractivity contribution >= 4 is 11.6 Å². The van der Waals surface area contributed by atoms with Crippen LogP contribution in [0.4, 0.5) is 0 Å². The molecule has 1 unspecified atom stereocenters. The Morgan fingerprint density at radius 3 is 2.43 bits per heavy atom. The van der Waals surface area contributed by atoms with Gasteiger partial charge in [0.25, 0.3) is 0 Å². The van der Waals surface area contributed by atoms with Gasteiger partial charge in [-0.3, -0.25) is 0 Å². The lowest BCUT2D eigenvalue weighted by Gasteiger charge is -2.15. The van der Waals surface area contributed by atoms with E-state index in [0.717, 1.165) is 23.4 Å². The highest BCUT2D eigenvalue weighted by atomic mass is 35.5. The Kier molecular flexibility index (Phi) is 5.27. The Balaban J connectivity index is 2.21. The first-order valence-electron chi connectivity index (χ1n) is 7.29. The molecule has 0 fully saturated rings. The third-order valence-corrected chi connectivity index (χ3v) is 3.81. The molecule has 2 rings (SSSR count). The molecular weight excluding hydrogens is 282 g/mol. The summed E-state index contributed by atoms with van der Waals surface area (Å²) < 4.78 is 5.94. The van der Waals surface area contributed by atoms with Crippen molar-refractivity contribution in [2.75, 3.05) is 6.54 Å². The van der Waals surface area contributed by atoms with Gasteiger partial charge in [-0.1, -0.05) is 42.3 Å². The van der Waals surface area contributed by atoms with E-state index in [2.05, 4.69) is 38.2 Å². The van der Waals surface area contributed by atoms with Gasteiger partial charge in [0.15, 0.2) is 0 Å². The minimum atomic E-state index is 0.280. The molecule has 0 spiro atoms. The Hall–Kier alpha value is -1.51. The molecule has 0 saturated carbocycles. The van der Waals surface area contributed by atoms with Crippen LogP contribution in [0.25, 0.3) is 0 Å². The predicted octanol–water partition coefficient (Wildman–Crippen LogP) is 5.42. The molecule has 0 aliphatic carbocycles. The summed E-state index contributed by atoms with van der Waals surface area (Å²) in [5.74, 6) is 1.53. The Bertz CT molecular complexity index is 625. The average molecular weight is 304 g/mol. The zero-order chi connectivity index (χ0) is 15.4. The highest BCUT2D eigenvalue weighted by Crippen LogP contribution is 2.33. The molecule has 0 aromatic heterocycles. The van der Waals surface area contributed by atoms with Crippen molar-refractivity contribution in [3.63, 3.8) is 0 Å². The molecule has 0 heterocycles. The molecule has 0 aliphatic rings. The van der Waals surface area contributed by atoms with E-state index in [1.54, 1.807) is 0 Å². The third-order valence-electron chi connectivity index (χ3n) is 3.52. The van der Waals surface area contributed by atoms with Gasteiger partial charge in [-0.05, 0) is 56.6 Å². The van der Waals surface area contributed by atoms with Crippen LogP contribution in [0.1, 0.15) is 36.6 Å². The molecular formula is C18H22ClNO. The molecule has 0 saturated heterocycles. The van der Waals surface area contributed by atoms with E-state index in [4.69, 9.17) is 16.3 Å². The maximum absolute atomic E-state index is 6.35. The number of benzene rings is 2. The van der Waals surface area contributed by atoms with Crippen molar-refractivity contribution in [3.05, 3.63) is 58.1 Å². The van der Waals surface area contributed by atoms with Crippen molar-refractivity contribution in [2.45, 2.75) is 33.7 Å². The minimum Gasteiger partial charge on any atom is -0.456 e. The summed E-state index contributed by atoms with van der Waals surface area (Å²) in [5, 5.41) is 4.01. The van der Waals surface area contributed by atoms with E-state index in [9.17, 15) is 0 Å². The lowest BCUT2D eigenvalue weighted by atomic mass is 10.1. The van der Waals surface area contributed by atoms with Crippen LogP contribution in [0, 0.1) is 13.8 Å². The number of halogens is 1. The number of ether oxygens (including phenoxy) is 1. The highest BCUT2D eigenvalue weighted by molar-refractivity contribution is 6.32. The molecule has 2 aromatic carbocycles. The maximum atomic E-state index is 6.35. The number of nitrogens with one attached hydrogen (secondary N) is 1. The monoisotopic (exact) mass is 303 g/mol. The molecule has 0 aliphatic heterocycles. The predicted molar refractivity (Wildman–Crippen MR) is 89.5 cm³/mol. The van der Waals surface area contributed by atoms with Crippen LogP contribution >= 0.6 is 11.6 Å². The van der Waals surface area contributed by atoms with Crippen molar-refractivity contribution in [1.29, 1.82) is 0 Å². The van der Waals surface area contributed by atoms with Crippen LogP contribution in [0.2, 0.25) is 5.02 Å². The Morgan fingerprint density at radius 1 is 1.10 bits per heavy atom. The van der Waals surface area contributed by atoms with Crippen molar-refractivity contribution < 1.29 is 4.74 Å². The largest absolute Gasteiger partial charge is 0.456 e. The van der Waals surface area contributed by atoms with Gasteiger partial charge >= 0.3 is 0 Å². The summed E-state index contributed by atoms with van der Waals surface area (Å²) in [6.45, 7) is 9.26. The number of hydrogen-bond acceptors (Lipinski definition) is 2. The van der Waals surface area contributed by atoms with Crippen LogP contribution < -0.4 is 10.1 Å². The Labute approximate surface area is 132 Å². The van der Waals surface area contributed by atoms with Crippen LogP contribution in [0.5, 0.6) is 11.5 Å². The molecule has 0 radical (unpaired) electrons. The van der Waals surface area contributed by atoms with Gasteiger partial charge in [0.1, 0.15) is 11.5 Å². The van der Waals surface area contributed by atoms with Gasteiger partial charge in [-0.2, -0.15) is 0 Å². The fraction of sp³-hybridized carbons (Fsp3) is 0.333. The highest BCUT2D eigenvalue weighted by Gasteiger charge is 2.10. The zero-order valence-electron chi connectivity index (χ0n) is 13.0. The van der Waals surface area contributed by atoms with Gasteiger partial charge < -0.3 is 10.1 Å². The maximum Gasteiger partial charge on any atom is 0.146 e. The summed E-state index contributed by atoms with van der Waals surface area (Å²) in [4.78, 5) is 0. The van der Waals surface area contributed by atoms with E-state index in [1.165, 1.54) is 5.56 Å². The van der Waals surface area contributed by atoms with Gasteiger partial charge in [-0.15, -0.1) is 0 Å². The Morgan fingerprint density at radius 2 is 1.81 bits per heavy atom. The SMILES string of the molecule is CCNC(C)c1ccc(Oc2ccc(C)cc2C)c(Cl)c1. The topological polar surface area (TPSA) is 21.3 Å². The molecule has 1 atom stereocenters. The molecule has 21 heavy (non-hydrogen) atoms. The van der Waals surface area contributed by atoms with Gasteiger partial charge in [-0.25, -0.2) is 0 Å². The third kappa shape index (κ3) is 3.99. The van der Waals surface area contributed by atoms with Crippen LogP contribution in [0.15, 0.2) is 36.4 Å². The first-order valence-corrected chi connectivity index (χ1v) is 7.67. The van der Waals surface area contributed by atoms with E-state index < -0.39 is 0 Å². The van der Waals surface area contributed by atoms with Crippen LogP contribution in [-0.4, -0.2) is 6.54 Å². The fourth-order valence-corrected chi connectivity index (χ4v) is 2.55. The summed E-state index contributed by atoms with van der Waals surface area (Å²) in [6.07, 6.45) is 0. The van der Waals surface area contributed by atoms with E-state index >= 15 is 0 Å². The van der Waals surface area contributed by atoms with Gasteiger partial charge in [0.05, 0.1) is 5.02 Å². The van der Waals surface area contributed by atoms with Crippen molar-refractivity contribution in [3.8, 4) is 11.5 Å². The summed E-state index contributed by atoms with van der Waals surface area (Å²) >= 11 is 6.35. The van der Waals surface area contributed by atoms with E-state index in [0.29, 0.717) is 10.8 Å².